The molecule has 0 aliphatic heterocycles. The van der Waals surface area contributed by atoms with Crippen LogP contribution in [0, 0.1) is 5.41 Å². The summed E-state index contributed by atoms with van der Waals surface area (Å²) in [6, 6.07) is 27.6. The highest BCUT2D eigenvalue weighted by Crippen LogP contribution is 2.42. The number of hydrogen-bond donors (Lipinski definition) is 3. The minimum atomic E-state index is -1.02. The number of hydrogen-bond acceptors (Lipinski definition) is 6. The van der Waals surface area contributed by atoms with Gasteiger partial charge in [0.1, 0.15) is 17.0 Å². The minimum absolute atomic E-state index is 0.0611. The van der Waals surface area contributed by atoms with Crippen LogP contribution in [0.1, 0.15) is 37.5 Å². The van der Waals surface area contributed by atoms with Gasteiger partial charge in [-0.1, -0.05) is 72.8 Å². The van der Waals surface area contributed by atoms with E-state index in [1.54, 1.807) is 27.9 Å². The molecule has 7 heteroatoms. The first kappa shape index (κ1) is 28.2. The summed E-state index contributed by atoms with van der Waals surface area (Å²) in [7, 11) is 1.63. The van der Waals surface area contributed by atoms with Crippen molar-refractivity contribution >= 4 is 6.09 Å². The van der Waals surface area contributed by atoms with Crippen LogP contribution in [0.15, 0.2) is 84.9 Å². The predicted molar refractivity (Wildman–Crippen MR) is 145 cm³/mol. The van der Waals surface area contributed by atoms with Gasteiger partial charge in [-0.2, -0.15) is 0 Å². The normalized spacial score (nSPS) is 13.5. The van der Waals surface area contributed by atoms with Crippen molar-refractivity contribution in [3.63, 3.8) is 0 Å². The second-order valence-corrected chi connectivity index (χ2v) is 10.1. The van der Waals surface area contributed by atoms with Crippen molar-refractivity contribution in [3.05, 3.63) is 102 Å². The monoisotopic (exact) mass is 506 g/mol. The van der Waals surface area contributed by atoms with E-state index in [1.807, 2.05) is 84.9 Å². The van der Waals surface area contributed by atoms with Crippen LogP contribution in [0.4, 0.5) is 4.79 Å². The Bertz CT molecular complexity index is 1070. The molecule has 3 aromatic rings. The summed E-state index contributed by atoms with van der Waals surface area (Å²) in [5, 5.41) is 13.2. The Hall–Kier alpha value is -3.39. The average molecular weight is 507 g/mol. The van der Waals surface area contributed by atoms with E-state index in [4.69, 9.17) is 19.9 Å². The highest BCUT2D eigenvalue weighted by Gasteiger charge is 2.41. The Morgan fingerprint density at radius 1 is 0.865 bits per heavy atom. The van der Waals surface area contributed by atoms with Crippen LogP contribution in [0.2, 0.25) is 0 Å². The van der Waals surface area contributed by atoms with Crippen molar-refractivity contribution in [2.24, 2.45) is 11.1 Å². The maximum Gasteiger partial charge on any atom is 0.407 e. The summed E-state index contributed by atoms with van der Waals surface area (Å²) in [4.78, 5) is 12.4. The first-order valence-corrected chi connectivity index (χ1v) is 12.4. The molecular formula is C30H38N2O5. The van der Waals surface area contributed by atoms with Crippen LogP contribution in [0.5, 0.6) is 5.75 Å². The third-order valence-electron chi connectivity index (χ3n) is 6.23. The van der Waals surface area contributed by atoms with Crippen molar-refractivity contribution in [3.8, 4) is 5.75 Å². The lowest BCUT2D eigenvalue weighted by molar-refractivity contribution is -0.0552. The van der Waals surface area contributed by atoms with Crippen LogP contribution < -0.4 is 15.8 Å². The Labute approximate surface area is 219 Å². The van der Waals surface area contributed by atoms with Gasteiger partial charge in [0.05, 0.1) is 20.3 Å². The van der Waals surface area contributed by atoms with Gasteiger partial charge < -0.3 is 30.4 Å². The topological polar surface area (TPSA) is 103 Å². The third kappa shape index (κ3) is 6.89. The zero-order valence-electron chi connectivity index (χ0n) is 22.1. The quantitative estimate of drug-likeness (QED) is 0.332. The molecule has 0 radical (unpaired) electrons. The number of benzene rings is 3. The smallest absolute Gasteiger partial charge is 0.407 e. The van der Waals surface area contributed by atoms with Gasteiger partial charge in [-0.25, -0.2) is 4.79 Å². The van der Waals surface area contributed by atoms with Crippen LogP contribution in [-0.4, -0.2) is 50.2 Å². The van der Waals surface area contributed by atoms with Crippen molar-refractivity contribution in [2.45, 2.75) is 32.0 Å². The number of aliphatic hydroxyl groups excluding tert-OH is 1. The summed E-state index contributed by atoms with van der Waals surface area (Å²) in [5.41, 5.74) is 6.27. The minimum Gasteiger partial charge on any atom is -0.497 e. The molecule has 0 spiro atoms. The molecule has 1 amide bonds. The van der Waals surface area contributed by atoms with Crippen LogP contribution >= 0.6 is 0 Å². The van der Waals surface area contributed by atoms with E-state index < -0.39 is 22.7 Å². The van der Waals surface area contributed by atoms with Crippen molar-refractivity contribution in [1.82, 2.24) is 5.32 Å². The van der Waals surface area contributed by atoms with E-state index in [-0.39, 0.29) is 26.3 Å². The first-order valence-electron chi connectivity index (χ1n) is 12.4. The van der Waals surface area contributed by atoms with E-state index in [0.717, 1.165) is 22.4 Å². The molecule has 0 heterocycles. The van der Waals surface area contributed by atoms with Crippen LogP contribution in [0.3, 0.4) is 0 Å². The number of ether oxygens (including phenoxy) is 3. The van der Waals surface area contributed by atoms with E-state index in [0.29, 0.717) is 0 Å². The van der Waals surface area contributed by atoms with Gasteiger partial charge in [0, 0.05) is 18.5 Å². The summed E-state index contributed by atoms with van der Waals surface area (Å²) >= 11 is 0. The molecule has 1 atom stereocenters. The van der Waals surface area contributed by atoms with Gasteiger partial charge in [0.25, 0.3) is 0 Å². The maximum absolute atomic E-state index is 12.4. The zero-order valence-corrected chi connectivity index (χ0v) is 22.1. The molecule has 3 aromatic carbocycles. The van der Waals surface area contributed by atoms with Gasteiger partial charge >= 0.3 is 6.09 Å². The highest BCUT2D eigenvalue weighted by molar-refractivity contribution is 5.67. The molecule has 7 nitrogen and oxygen atoms in total. The molecule has 198 valence electrons. The van der Waals surface area contributed by atoms with Crippen LogP contribution in [0.25, 0.3) is 0 Å². The van der Waals surface area contributed by atoms with Gasteiger partial charge in [0.2, 0.25) is 0 Å². The Morgan fingerprint density at radius 2 is 1.38 bits per heavy atom. The van der Waals surface area contributed by atoms with E-state index in [1.165, 1.54) is 0 Å². The molecular weight excluding hydrogens is 468 g/mol. The Kier molecular flexibility index (Phi) is 9.32. The Morgan fingerprint density at radius 3 is 1.81 bits per heavy atom. The fraction of sp³-hybridized carbons (Fsp3) is 0.367. The summed E-state index contributed by atoms with van der Waals surface area (Å²) in [5.74, 6) is 0.729. The SMILES string of the molecule is COc1ccc(C(OCC(CN)(CO)CNC(=O)OC(C)(C)C)(c2ccccc2)c2ccccc2)cc1. The largest absolute Gasteiger partial charge is 0.497 e. The molecule has 0 aromatic heterocycles. The highest BCUT2D eigenvalue weighted by atomic mass is 16.6. The van der Waals surface area contributed by atoms with Gasteiger partial charge in [-0.15, -0.1) is 0 Å². The predicted octanol–water partition coefficient (Wildman–Crippen LogP) is 4.47. The van der Waals surface area contributed by atoms with Crippen molar-refractivity contribution in [2.75, 3.05) is 33.4 Å². The number of aliphatic hydroxyl groups is 1. The summed E-state index contributed by atoms with van der Waals surface area (Å²) < 4.78 is 17.6. The van der Waals surface area contributed by atoms with E-state index >= 15 is 0 Å². The van der Waals surface area contributed by atoms with Crippen molar-refractivity contribution in [1.29, 1.82) is 0 Å². The zero-order chi connectivity index (χ0) is 26.9. The standard InChI is InChI=1S/C30H38N2O5/c1-28(2,3)37-27(34)32-20-29(19-31,21-33)22-36-30(23-11-7-5-8-12-23,24-13-9-6-10-14-24)25-15-17-26(35-4)18-16-25/h5-18,33H,19-22,31H2,1-4H3,(H,32,34). The lowest BCUT2D eigenvalue weighted by atomic mass is 9.79. The number of nitrogens with one attached hydrogen (secondary N) is 1. The number of carbonyl (C=O) groups is 1. The molecule has 0 fully saturated rings. The molecule has 0 aliphatic rings. The summed E-state index contributed by atoms with van der Waals surface area (Å²) in [6.45, 7) is 5.31. The van der Waals surface area contributed by atoms with Gasteiger partial charge in [0.15, 0.2) is 0 Å². The number of amides is 1. The number of alkyl carbamates (subject to hydrolysis) is 1. The number of rotatable bonds is 11. The fourth-order valence-corrected chi connectivity index (χ4v) is 4.10. The maximum atomic E-state index is 12.4. The van der Waals surface area contributed by atoms with E-state index in [9.17, 15) is 9.90 Å². The lowest BCUT2D eigenvalue weighted by Crippen LogP contribution is -2.50. The first-order chi connectivity index (χ1) is 17.7. The third-order valence-corrected chi connectivity index (χ3v) is 6.23. The molecule has 0 saturated heterocycles. The molecule has 1 unspecified atom stereocenters. The van der Waals surface area contributed by atoms with E-state index in [2.05, 4.69) is 5.32 Å². The Balaban J connectivity index is 2.04. The van der Waals surface area contributed by atoms with Crippen molar-refractivity contribution < 1.29 is 24.1 Å². The number of nitrogens with two attached hydrogens (primary N) is 1. The molecule has 4 N–H and O–H groups in total. The molecule has 0 bridgehead atoms. The number of carbonyl (C=O) groups excluding carboxylic acids is 1. The molecule has 3 rings (SSSR count). The van der Waals surface area contributed by atoms with Gasteiger partial charge in [-0.3, -0.25) is 0 Å². The fourth-order valence-electron chi connectivity index (χ4n) is 4.10. The second-order valence-electron chi connectivity index (χ2n) is 10.1. The molecule has 0 aliphatic carbocycles. The molecule has 37 heavy (non-hydrogen) atoms. The summed E-state index contributed by atoms with van der Waals surface area (Å²) in [6.07, 6.45) is -0.577. The van der Waals surface area contributed by atoms with Gasteiger partial charge in [-0.05, 0) is 49.6 Å². The average Bonchev–Trinajstić information content (AvgIpc) is 2.91. The second kappa shape index (κ2) is 12.2. The molecule has 0 saturated carbocycles. The lowest BCUT2D eigenvalue weighted by Gasteiger charge is -2.40. The number of methoxy groups -OCH3 is 1. The van der Waals surface area contributed by atoms with Crippen LogP contribution in [-0.2, 0) is 15.1 Å².